The summed E-state index contributed by atoms with van der Waals surface area (Å²) >= 11 is -2.86. The second-order valence-corrected chi connectivity index (χ2v) is 2.42. The van der Waals surface area contributed by atoms with E-state index in [0.29, 0.717) is 0 Å². The molecule has 1 atom stereocenters. The Balaban J connectivity index is 0.00000121. The first-order valence-electron chi connectivity index (χ1n) is 2.75. The van der Waals surface area contributed by atoms with E-state index >= 15 is 0 Å². The van der Waals surface area contributed by atoms with Crippen molar-refractivity contribution in [1.82, 2.24) is 5.06 Å². The van der Waals surface area contributed by atoms with Gasteiger partial charge in [0.15, 0.2) is 0 Å². The van der Waals surface area contributed by atoms with Gasteiger partial charge in [-0.2, -0.15) is 4.28 Å². The number of carbonyl (C=O) groups excluding carboxylic acids is 2. The number of carbonyl (C=O) groups is 2. The molecule has 0 aromatic heterocycles. The van der Waals surface area contributed by atoms with Gasteiger partial charge in [0.2, 0.25) is 0 Å². The topological polar surface area (TPSA) is 86.7 Å². The van der Waals surface area contributed by atoms with E-state index in [-0.39, 0.29) is 47.5 Å². The molecule has 1 aliphatic heterocycles. The van der Waals surface area contributed by atoms with Crippen molar-refractivity contribution in [3.05, 3.63) is 0 Å². The first-order chi connectivity index (χ1) is 5.11. The number of hydrogen-bond acceptors (Lipinski definition) is 5. The molecule has 0 N–H and O–H groups in total. The van der Waals surface area contributed by atoms with Gasteiger partial charge in [-0.15, -0.1) is 5.06 Å². The molecule has 1 saturated heterocycles. The summed E-state index contributed by atoms with van der Waals surface area (Å²) in [5.74, 6) is -1.25. The largest absolute Gasteiger partial charge is 1.00 e. The fourth-order valence-corrected chi connectivity index (χ4v) is 0.988. The predicted molar refractivity (Wildman–Crippen MR) is 31.1 cm³/mol. The number of hydroxylamine groups is 2. The van der Waals surface area contributed by atoms with Crippen molar-refractivity contribution < 1.29 is 52.2 Å². The minimum Gasteiger partial charge on any atom is -0.748 e. The van der Waals surface area contributed by atoms with Crippen LogP contribution in [0.25, 0.3) is 0 Å². The Labute approximate surface area is 93.0 Å². The van der Waals surface area contributed by atoms with E-state index in [1.54, 1.807) is 0 Å². The van der Waals surface area contributed by atoms with Gasteiger partial charge in [-0.1, -0.05) is 0 Å². The Morgan fingerprint density at radius 3 is 2.08 bits per heavy atom. The molecule has 0 radical (unpaired) electrons. The number of nitrogens with zero attached hydrogens (tertiary/aromatic N) is 1. The van der Waals surface area contributed by atoms with Crippen LogP contribution in [0.15, 0.2) is 0 Å². The number of imide groups is 1. The summed E-state index contributed by atoms with van der Waals surface area (Å²) in [5, 5.41) is 0.253. The van der Waals surface area contributed by atoms with Gasteiger partial charge in [0.25, 0.3) is 11.8 Å². The van der Waals surface area contributed by atoms with Crippen LogP contribution in [-0.4, -0.2) is 25.6 Å². The third-order valence-electron chi connectivity index (χ3n) is 1.14. The van der Waals surface area contributed by atoms with E-state index in [1.165, 1.54) is 0 Å². The van der Waals surface area contributed by atoms with Gasteiger partial charge in [0.1, 0.15) is 11.4 Å². The molecule has 0 bridgehead atoms. The molecule has 1 aliphatic rings. The van der Waals surface area contributed by atoms with Crippen LogP contribution in [0.3, 0.4) is 0 Å². The monoisotopic (exact) mass is 201 g/mol. The standard InChI is InChI=1S/C4H5NO5S.Na/c6-3-1-2-4(7)5(3)10-11(8)9;/h1-2H2,(H,8,9);/q;+1/p-1. The molecule has 2 amide bonds. The summed E-state index contributed by atoms with van der Waals surface area (Å²) in [6.45, 7) is 0. The van der Waals surface area contributed by atoms with Gasteiger partial charge in [0, 0.05) is 12.8 Å². The molecule has 1 unspecified atom stereocenters. The van der Waals surface area contributed by atoms with Crippen molar-refractivity contribution in [2.24, 2.45) is 0 Å². The molecule has 8 heteroatoms. The van der Waals surface area contributed by atoms with E-state index in [9.17, 15) is 18.4 Å². The Kier molecular flexibility index (Phi) is 5.14. The van der Waals surface area contributed by atoms with Crippen molar-refractivity contribution in [1.29, 1.82) is 0 Å². The molecule has 0 aromatic carbocycles. The Morgan fingerprint density at radius 2 is 1.75 bits per heavy atom. The van der Waals surface area contributed by atoms with Crippen molar-refractivity contribution in [3.63, 3.8) is 0 Å². The summed E-state index contributed by atoms with van der Waals surface area (Å²) in [4.78, 5) is 21.3. The molecule has 0 aromatic rings. The number of rotatable bonds is 2. The summed E-state index contributed by atoms with van der Waals surface area (Å²) in [6, 6.07) is 0. The molecule has 62 valence electrons. The smallest absolute Gasteiger partial charge is 0.748 e. The van der Waals surface area contributed by atoms with Crippen molar-refractivity contribution in [2.45, 2.75) is 12.8 Å². The predicted octanol–water partition coefficient (Wildman–Crippen LogP) is -4.13. The average molecular weight is 201 g/mol. The molecule has 1 heterocycles. The van der Waals surface area contributed by atoms with Crippen LogP contribution in [-0.2, 0) is 25.2 Å². The molecule has 1 rings (SSSR count). The molecule has 6 nitrogen and oxygen atoms in total. The van der Waals surface area contributed by atoms with Crippen LogP contribution >= 0.6 is 0 Å². The van der Waals surface area contributed by atoms with Gasteiger partial charge < -0.3 is 4.55 Å². The first-order valence-corrected chi connectivity index (χ1v) is 3.75. The van der Waals surface area contributed by atoms with Crippen LogP contribution < -0.4 is 29.6 Å². The molecule has 0 spiro atoms. The quantitative estimate of drug-likeness (QED) is 0.257. The van der Waals surface area contributed by atoms with Crippen molar-refractivity contribution >= 4 is 23.2 Å². The van der Waals surface area contributed by atoms with Gasteiger partial charge >= 0.3 is 29.6 Å². The molecular weight excluding hydrogens is 197 g/mol. The molecule has 0 aliphatic carbocycles. The number of hydrogen-bond donors (Lipinski definition) is 0. The van der Waals surface area contributed by atoms with Crippen LogP contribution in [0.1, 0.15) is 12.8 Å². The summed E-state index contributed by atoms with van der Waals surface area (Å²) < 4.78 is 23.6. The second-order valence-electron chi connectivity index (χ2n) is 1.86. The fraction of sp³-hybridized carbons (Fsp3) is 0.500. The van der Waals surface area contributed by atoms with E-state index in [0.717, 1.165) is 0 Å². The zero-order valence-electron chi connectivity index (χ0n) is 6.31. The van der Waals surface area contributed by atoms with Gasteiger partial charge in [-0.05, 0) is 0 Å². The average Bonchev–Trinajstić information content (AvgIpc) is 2.18. The minimum atomic E-state index is -2.86. The SMILES string of the molecule is O=C1CCC(=O)N1OS(=O)[O-].[Na+]. The Morgan fingerprint density at radius 1 is 1.33 bits per heavy atom. The van der Waals surface area contributed by atoms with E-state index < -0.39 is 23.2 Å². The van der Waals surface area contributed by atoms with E-state index in [2.05, 4.69) is 4.28 Å². The van der Waals surface area contributed by atoms with Crippen molar-refractivity contribution in [2.75, 3.05) is 0 Å². The summed E-state index contributed by atoms with van der Waals surface area (Å²) in [7, 11) is 0. The van der Waals surface area contributed by atoms with Crippen LogP contribution in [0.5, 0.6) is 0 Å². The van der Waals surface area contributed by atoms with E-state index in [1.807, 2.05) is 0 Å². The van der Waals surface area contributed by atoms with Crippen LogP contribution in [0, 0.1) is 0 Å². The molecular formula is C4H4NNaO5S. The van der Waals surface area contributed by atoms with Crippen LogP contribution in [0.4, 0.5) is 0 Å². The number of amides is 2. The normalized spacial score (nSPS) is 19.2. The van der Waals surface area contributed by atoms with Crippen LogP contribution in [0.2, 0.25) is 0 Å². The summed E-state index contributed by atoms with van der Waals surface area (Å²) in [5.41, 5.74) is 0. The van der Waals surface area contributed by atoms with Gasteiger partial charge in [0.05, 0.1) is 0 Å². The molecule has 12 heavy (non-hydrogen) atoms. The Bertz CT molecular complexity index is 215. The third-order valence-corrected chi connectivity index (χ3v) is 1.41. The zero-order chi connectivity index (χ0) is 8.43. The zero-order valence-corrected chi connectivity index (χ0v) is 9.13. The summed E-state index contributed by atoms with van der Waals surface area (Å²) in [6.07, 6.45) is 0.0199. The maximum atomic E-state index is 10.6. The maximum absolute atomic E-state index is 10.6. The van der Waals surface area contributed by atoms with Gasteiger partial charge in [-0.25, -0.2) is 4.21 Å². The molecule has 0 saturated carbocycles. The van der Waals surface area contributed by atoms with E-state index in [4.69, 9.17) is 0 Å². The van der Waals surface area contributed by atoms with Crippen molar-refractivity contribution in [3.8, 4) is 0 Å². The molecule has 1 fully saturated rings. The third kappa shape index (κ3) is 2.92. The first kappa shape index (κ1) is 12.2. The van der Waals surface area contributed by atoms with Gasteiger partial charge in [-0.3, -0.25) is 9.59 Å². The fourth-order valence-electron chi connectivity index (χ4n) is 0.700. The maximum Gasteiger partial charge on any atom is 1.00 e. The second kappa shape index (κ2) is 5.05. The Hall–Kier alpha value is 0.210. The minimum absolute atomic E-state index is 0.